The van der Waals surface area contributed by atoms with E-state index in [4.69, 9.17) is 9.57 Å². The second kappa shape index (κ2) is 10.9. The quantitative estimate of drug-likeness (QED) is 0.453. The number of phenolic OH excluding ortho intramolecular Hbond substituents is 2. The third kappa shape index (κ3) is 6.99. The molecule has 156 valence electrons. The van der Waals surface area contributed by atoms with E-state index in [1.807, 2.05) is 18.2 Å². The molecule has 1 atom stereocenters. The first-order valence-corrected chi connectivity index (χ1v) is 9.23. The highest BCUT2D eigenvalue weighted by molar-refractivity contribution is 6.00. The van der Waals surface area contributed by atoms with Crippen molar-refractivity contribution >= 4 is 17.7 Å². The summed E-state index contributed by atoms with van der Waals surface area (Å²) >= 11 is 0. The Morgan fingerprint density at radius 3 is 2.76 bits per heavy atom. The van der Waals surface area contributed by atoms with Crippen LogP contribution in [0.4, 0.5) is 0 Å². The monoisotopic (exact) mass is 403 g/mol. The van der Waals surface area contributed by atoms with Crippen molar-refractivity contribution < 1.29 is 34.1 Å². The molecule has 1 aromatic carbocycles. The lowest BCUT2D eigenvalue weighted by Crippen LogP contribution is -2.17. The molecule has 2 N–H and O–H groups in total. The molecule has 29 heavy (non-hydrogen) atoms. The number of benzene rings is 1. The minimum atomic E-state index is -0.700. The van der Waals surface area contributed by atoms with Gasteiger partial charge in [-0.05, 0) is 37.5 Å². The van der Waals surface area contributed by atoms with Crippen LogP contribution in [0.15, 0.2) is 41.6 Å². The van der Waals surface area contributed by atoms with Gasteiger partial charge in [0.05, 0.1) is 12.8 Å². The molecule has 0 aliphatic carbocycles. The lowest BCUT2D eigenvalue weighted by molar-refractivity contribution is -0.145. The van der Waals surface area contributed by atoms with E-state index in [1.54, 1.807) is 13.0 Å². The molecule has 0 radical (unpaired) electrons. The van der Waals surface area contributed by atoms with Crippen LogP contribution >= 0.6 is 0 Å². The smallest absolute Gasteiger partial charge is 0.346 e. The number of carbonyl (C=O) groups is 2. The van der Waals surface area contributed by atoms with Crippen LogP contribution < -0.4 is 0 Å². The maximum absolute atomic E-state index is 12.6. The Hall–Kier alpha value is -3.29. The van der Waals surface area contributed by atoms with Gasteiger partial charge in [0.2, 0.25) is 6.61 Å². The Balaban J connectivity index is 2.40. The van der Waals surface area contributed by atoms with E-state index in [2.05, 4.69) is 9.89 Å². The molecule has 8 heteroatoms. The summed E-state index contributed by atoms with van der Waals surface area (Å²) < 4.78 is 9.93. The number of nitrogens with zero attached hydrogens (tertiary/aromatic N) is 1. The largest absolute Gasteiger partial charge is 0.508 e. The lowest BCUT2D eigenvalue weighted by Gasteiger charge is -2.15. The first-order chi connectivity index (χ1) is 13.9. The number of esters is 2. The number of ether oxygens (including phenoxy) is 2. The van der Waals surface area contributed by atoms with Crippen LogP contribution in [0.1, 0.15) is 42.1 Å². The summed E-state index contributed by atoms with van der Waals surface area (Å²) in [6.45, 7) is 1.40. The summed E-state index contributed by atoms with van der Waals surface area (Å²) in [6.07, 6.45) is 9.31. The van der Waals surface area contributed by atoms with Gasteiger partial charge in [-0.15, -0.1) is 0 Å². The Labute approximate surface area is 169 Å². The molecule has 0 saturated carbocycles. The van der Waals surface area contributed by atoms with Crippen LogP contribution in [0.25, 0.3) is 0 Å². The van der Waals surface area contributed by atoms with Gasteiger partial charge >= 0.3 is 11.9 Å². The zero-order chi connectivity index (χ0) is 21.2. The highest BCUT2D eigenvalue weighted by Crippen LogP contribution is 2.29. The van der Waals surface area contributed by atoms with Crippen LogP contribution in [0.2, 0.25) is 0 Å². The van der Waals surface area contributed by atoms with E-state index in [0.717, 1.165) is 18.9 Å². The van der Waals surface area contributed by atoms with Gasteiger partial charge in [0, 0.05) is 18.9 Å². The van der Waals surface area contributed by atoms with E-state index in [0.29, 0.717) is 17.7 Å². The topological polar surface area (TPSA) is 115 Å². The fraction of sp³-hybridized carbons (Fsp3) is 0.381. The van der Waals surface area contributed by atoms with Gasteiger partial charge in [-0.1, -0.05) is 23.4 Å². The van der Waals surface area contributed by atoms with Crippen LogP contribution in [-0.4, -0.2) is 47.7 Å². The summed E-state index contributed by atoms with van der Waals surface area (Å²) in [6, 6.07) is 2.44. The Kier molecular flexibility index (Phi) is 8.27. The van der Waals surface area contributed by atoms with Gasteiger partial charge in [-0.3, -0.25) is 0 Å². The fourth-order valence-corrected chi connectivity index (χ4v) is 2.70. The second-order valence-electron chi connectivity index (χ2n) is 6.51. The molecule has 1 aliphatic heterocycles. The van der Waals surface area contributed by atoms with Gasteiger partial charge in [-0.2, -0.15) is 0 Å². The number of methoxy groups -OCH3 is 1. The maximum atomic E-state index is 12.6. The lowest BCUT2D eigenvalue weighted by atomic mass is 9.99. The molecule has 0 saturated heterocycles. The van der Waals surface area contributed by atoms with Crippen LogP contribution in [0.3, 0.4) is 0 Å². The molecule has 8 nitrogen and oxygen atoms in total. The van der Waals surface area contributed by atoms with Crippen molar-refractivity contribution in [3.63, 3.8) is 0 Å². The number of allylic oxidation sites excluding steroid dienone is 3. The number of phenols is 2. The summed E-state index contributed by atoms with van der Waals surface area (Å²) in [4.78, 5) is 28.9. The van der Waals surface area contributed by atoms with Crippen LogP contribution in [-0.2, 0) is 25.5 Å². The third-order valence-corrected chi connectivity index (χ3v) is 4.10. The normalized spacial score (nSPS) is 21.4. The van der Waals surface area contributed by atoms with E-state index < -0.39 is 17.7 Å². The SMILES string of the molecule is COC(=O)CON=C1/C=C/CC/C=C/CC(C)OC(=O)c2c(O)cc(O)cc2C1. The van der Waals surface area contributed by atoms with Crippen LogP contribution in [0, 0.1) is 0 Å². The van der Waals surface area contributed by atoms with Crippen molar-refractivity contribution in [1.82, 2.24) is 0 Å². The van der Waals surface area contributed by atoms with Gasteiger partial charge in [0.25, 0.3) is 0 Å². The first kappa shape index (κ1) is 22.0. The molecule has 1 aromatic rings. The third-order valence-electron chi connectivity index (χ3n) is 4.10. The molecule has 0 aromatic heterocycles. The molecule has 1 aliphatic rings. The van der Waals surface area contributed by atoms with Gasteiger partial charge < -0.3 is 24.5 Å². The molecule has 1 unspecified atom stereocenters. The number of aromatic hydroxyl groups is 2. The van der Waals surface area contributed by atoms with Gasteiger partial charge in [-0.25, -0.2) is 9.59 Å². The Morgan fingerprint density at radius 1 is 1.24 bits per heavy atom. The van der Waals surface area contributed by atoms with Crippen molar-refractivity contribution in [3.8, 4) is 11.5 Å². The van der Waals surface area contributed by atoms with E-state index >= 15 is 0 Å². The maximum Gasteiger partial charge on any atom is 0.346 e. The second-order valence-corrected chi connectivity index (χ2v) is 6.51. The minimum Gasteiger partial charge on any atom is -0.508 e. The van der Waals surface area contributed by atoms with Crippen molar-refractivity contribution in [2.24, 2.45) is 5.16 Å². The number of cyclic esters (lactones) is 1. The van der Waals surface area contributed by atoms with Gasteiger partial charge in [0.15, 0.2) is 0 Å². The average molecular weight is 403 g/mol. The highest BCUT2D eigenvalue weighted by Gasteiger charge is 2.22. The predicted octanol–water partition coefficient (Wildman–Crippen LogP) is 3.03. The molecule has 0 amide bonds. The molecular weight excluding hydrogens is 378 g/mol. The first-order valence-electron chi connectivity index (χ1n) is 9.23. The van der Waals surface area contributed by atoms with E-state index in [1.165, 1.54) is 13.2 Å². The Bertz CT molecular complexity index is 827. The number of hydrogen-bond acceptors (Lipinski definition) is 8. The van der Waals surface area contributed by atoms with Crippen LogP contribution in [0.5, 0.6) is 11.5 Å². The molecular formula is C21H25NO7. The zero-order valence-corrected chi connectivity index (χ0v) is 16.5. The van der Waals surface area contributed by atoms with Crippen molar-refractivity contribution in [3.05, 3.63) is 47.6 Å². The standard InChI is InChI=1S/C21H25NO7/c1-14-8-6-4-3-5-7-9-16(22-28-13-19(25)27-2)10-15-11-17(23)12-18(24)20(15)21(26)29-14/h4,6-7,9,11-12,14,23-24H,3,5,8,10,13H2,1-2H3/b6-4+,9-7+,22-16?. The van der Waals surface area contributed by atoms with Crippen molar-refractivity contribution in [2.75, 3.05) is 13.7 Å². The molecule has 0 spiro atoms. The van der Waals surface area contributed by atoms with Gasteiger partial charge in [0.1, 0.15) is 23.2 Å². The number of fused-ring (bicyclic) bond motifs is 1. The molecule has 2 rings (SSSR count). The van der Waals surface area contributed by atoms with Crippen molar-refractivity contribution in [1.29, 1.82) is 0 Å². The van der Waals surface area contributed by atoms with E-state index in [9.17, 15) is 19.8 Å². The summed E-state index contributed by atoms with van der Waals surface area (Å²) in [5, 5.41) is 24.0. The number of hydrogen-bond donors (Lipinski definition) is 2. The summed E-state index contributed by atoms with van der Waals surface area (Å²) in [5.41, 5.74) is 0.657. The van der Waals surface area contributed by atoms with E-state index in [-0.39, 0.29) is 30.4 Å². The van der Waals surface area contributed by atoms with Crippen molar-refractivity contribution in [2.45, 2.75) is 38.7 Å². The molecule has 0 bridgehead atoms. The fourth-order valence-electron chi connectivity index (χ4n) is 2.70. The highest BCUT2D eigenvalue weighted by atomic mass is 16.6. The minimum absolute atomic E-state index is 0.0512. The number of carbonyl (C=O) groups excluding carboxylic acids is 2. The zero-order valence-electron chi connectivity index (χ0n) is 16.5. The number of rotatable bonds is 3. The molecule has 0 fully saturated rings. The summed E-state index contributed by atoms with van der Waals surface area (Å²) in [5.74, 6) is -1.88. The number of oxime groups is 1. The predicted molar refractivity (Wildman–Crippen MR) is 106 cm³/mol. The Morgan fingerprint density at radius 2 is 2.00 bits per heavy atom. The average Bonchev–Trinajstić information content (AvgIpc) is 2.65. The summed E-state index contributed by atoms with van der Waals surface area (Å²) in [7, 11) is 1.24. The molecule has 1 heterocycles.